The smallest absolute Gasteiger partial charge is 0.146 e. The van der Waals surface area contributed by atoms with Crippen molar-refractivity contribution in [3.8, 4) is 11.4 Å². The Morgan fingerprint density at radius 3 is 1.86 bits per heavy atom. The van der Waals surface area contributed by atoms with Crippen LogP contribution in [0.4, 0.5) is 0 Å². The molecule has 0 aliphatic rings. The monoisotopic (exact) mass is 379 g/mol. The summed E-state index contributed by atoms with van der Waals surface area (Å²) in [6, 6.07) is 14.4. The average Bonchev–Trinajstić information content (AvgIpc) is 3.37. The summed E-state index contributed by atoms with van der Waals surface area (Å²) in [5.41, 5.74) is 4.33. The number of para-hydroxylation sites is 3. The predicted molar refractivity (Wildman–Crippen MR) is 116 cm³/mol. The molecule has 0 fully saturated rings. The zero-order chi connectivity index (χ0) is 19.3. The number of rotatable bonds is 12. The molecule has 0 spiro atoms. The van der Waals surface area contributed by atoms with Crippen molar-refractivity contribution in [1.82, 2.24) is 14.1 Å². The van der Waals surface area contributed by atoms with Crippen LogP contribution in [0.25, 0.3) is 16.7 Å². The Labute approximate surface area is 167 Å². The van der Waals surface area contributed by atoms with Crippen LogP contribution < -0.4 is 0 Å². The number of unbranched alkanes of at least 4 members (excludes halogenated alkanes) is 9. The van der Waals surface area contributed by atoms with E-state index in [1.807, 2.05) is 23.0 Å². The number of benzene rings is 2. The lowest BCUT2D eigenvalue weighted by atomic mass is 10.0. The number of phenolic OH excluding ortho intramolecular Hbond substituents is 1. The summed E-state index contributed by atoms with van der Waals surface area (Å²) in [5, 5.41) is 10.8. The normalized spacial score (nSPS) is 12.0. The van der Waals surface area contributed by atoms with Crippen LogP contribution in [0.2, 0.25) is 0 Å². The Morgan fingerprint density at radius 2 is 1.25 bits per heavy atom. The van der Waals surface area contributed by atoms with E-state index in [-0.39, 0.29) is 0 Å². The van der Waals surface area contributed by atoms with Gasteiger partial charge in [0, 0.05) is 0 Å². The number of aromatic nitrogens is 3. The Balaban J connectivity index is 1.25. The number of aromatic hydroxyl groups is 1. The molecular formula is C24H33N3O. The van der Waals surface area contributed by atoms with Crippen LogP contribution in [0, 0.1) is 0 Å². The van der Waals surface area contributed by atoms with E-state index in [0.29, 0.717) is 5.75 Å². The molecule has 28 heavy (non-hydrogen) atoms. The molecule has 0 unspecified atom stereocenters. The molecule has 2 aromatic carbocycles. The quantitative estimate of drug-likeness (QED) is 0.277. The zero-order valence-corrected chi connectivity index (χ0v) is 17.1. The summed E-state index contributed by atoms with van der Waals surface area (Å²) in [6.07, 6.45) is 14.3. The highest BCUT2D eigenvalue weighted by atomic mass is 16.3. The van der Waals surface area contributed by atoms with Crippen LogP contribution in [0.15, 0.2) is 42.5 Å². The average molecular weight is 380 g/mol. The molecule has 150 valence electrons. The highest BCUT2D eigenvalue weighted by Gasteiger charge is 2.25. The van der Waals surface area contributed by atoms with E-state index in [1.54, 1.807) is 0 Å². The maximum atomic E-state index is 10.8. The lowest BCUT2D eigenvalue weighted by Crippen LogP contribution is -1.93. The van der Waals surface area contributed by atoms with Gasteiger partial charge in [-0.05, 0) is 36.6 Å². The summed E-state index contributed by atoms with van der Waals surface area (Å²) < 4.78 is 4.18. The minimum absolute atomic E-state index is 0.429. The number of aryl methyl sites for hydroxylation is 1. The molecule has 1 N–H and O–H groups in total. The zero-order valence-electron chi connectivity index (χ0n) is 17.1. The Hall–Kier alpha value is -2.36. The van der Waals surface area contributed by atoms with Crippen molar-refractivity contribution in [2.45, 2.75) is 77.6 Å². The van der Waals surface area contributed by atoms with Gasteiger partial charge in [-0.3, -0.25) is 0 Å². The SMILES string of the molecule is CCCCCCCCCCCCc1cccc(-n2n3c4ccccc4n23)c1O. The number of phenols is 1. The minimum Gasteiger partial charge on any atom is -0.505 e. The van der Waals surface area contributed by atoms with Gasteiger partial charge in [0.1, 0.15) is 22.5 Å². The van der Waals surface area contributed by atoms with Gasteiger partial charge in [0.25, 0.3) is 0 Å². The topological polar surface area (TPSA) is 34.0 Å². The van der Waals surface area contributed by atoms with Crippen molar-refractivity contribution in [1.29, 1.82) is 0 Å². The second-order valence-corrected chi connectivity index (χ2v) is 8.07. The molecule has 0 atom stereocenters. The Morgan fingerprint density at radius 1 is 0.679 bits per heavy atom. The van der Waals surface area contributed by atoms with Crippen molar-refractivity contribution in [3.63, 3.8) is 0 Å². The number of hydrogen-bond acceptors (Lipinski definition) is 1. The first-order chi connectivity index (χ1) is 13.8. The van der Waals surface area contributed by atoms with Gasteiger partial charge in [0.15, 0.2) is 0 Å². The first-order valence-electron chi connectivity index (χ1n) is 11.1. The van der Waals surface area contributed by atoms with Crippen LogP contribution >= 0.6 is 0 Å². The van der Waals surface area contributed by atoms with E-state index in [0.717, 1.165) is 24.1 Å². The van der Waals surface area contributed by atoms with E-state index in [4.69, 9.17) is 0 Å². The highest BCUT2D eigenvalue weighted by Crippen LogP contribution is 2.33. The number of fused-ring (bicyclic) bond motifs is 4. The lowest BCUT2D eigenvalue weighted by Gasteiger charge is -2.07. The highest BCUT2D eigenvalue weighted by molar-refractivity contribution is 5.79. The van der Waals surface area contributed by atoms with Crippen LogP contribution in [-0.2, 0) is 6.42 Å². The number of hydrogen-bond donors (Lipinski definition) is 1. The minimum atomic E-state index is 0.429. The molecule has 4 heteroatoms. The van der Waals surface area contributed by atoms with E-state index in [9.17, 15) is 5.11 Å². The molecule has 0 radical (unpaired) electrons. The fourth-order valence-corrected chi connectivity index (χ4v) is 4.24. The largest absolute Gasteiger partial charge is 0.505 e. The number of nitrogens with zero attached hydrogens (tertiary/aromatic N) is 3. The fraction of sp³-hybridized carbons (Fsp3) is 0.500. The van der Waals surface area contributed by atoms with Crippen molar-refractivity contribution in [2.24, 2.45) is 0 Å². The van der Waals surface area contributed by atoms with E-state index in [1.165, 1.54) is 68.8 Å². The summed E-state index contributed by atoms with van der Waals surface area (Å²) in [4.78, 5) is 2.04. The molecule has 0 aliphatic heterocycles. The van der Waals surface area contributed by atoms with Gasteiger partial charge in [0.05, 0.1) is 0 Å². The van der Waals surface area contributed by atoms with Crippen LogP contribution in [0.5, 0.6) is 5.75 Å². The van der Waals surface area contributed by atoms with Gasteiger partial charge in [-0.15, -0.1) is 14.1 Å². The van der Waals surface area contributed by atoms with E-state index >= 15 is 0 Å². The van der Waals surface area contributed by atoms with Gasteiger partial charge in [-0.1, -0.05) is 89.0 Å². The van der Waals surface area contributed by atoms with Crippen LogP contribution in [0.3, 0.4) is 0 Å². The molecular weight excluding hydrogens is 346 g/mol. The molecule has 0 saturated heterocycles. The lowest BCUT2D eigenvalue weighted by molar-refractivity contribution is 0.462. The Bertz CT molecular complexity index is 948. The predicted octanol–water partition coefficient (Wildman–Crippen LogP) is 6.59. The van der Waals surface area contributed by atoms with Gasteiger partial charge in [-0.25, -0.2) is 0 Å². The maximum Gasteiger partial charge on any atom is 0.146 e. The first-order valence-corrected chi connectivity index (χ1v) is 11.1. The van der Waals surface area contributed by atoms with Crippen molar-refractivity contribution >= 4 is 11.0 Å². The molecule has 4 rings (SSSR count). The molecule has 2 aromatic heterocycles. The van der Waals surface area contributed by atoms with Crippen molar-refractivity contribution in [2.75, 3.05) is 0 Å². The van der Waals surface area contributed by atoms with Crippen LogP contribution in [0.1, 0.15) is 76.7 Å². The van der Waals surface area contributed by atoms with Crippen molar-refractivity contribution < 1.29 is 5.11 Å². The van der Waals surface area contributed by atoms with Gasteiger partial charge >= 0.3 is 0 Å². The first kappa shape index (κ1) is 19.0. The fourth-order valence-electron chi connectivity index (χ4n) is 4.24. The summed E-state index contributed by atoms with van der Waals surface area (Å²) in [6.45, 7) is 2.27. The van der Waals surface area contributed by atoms with Gasteiger partial charge in [-0.2, -0.15) is 0 Å². The third kappa shape index (κ3) is 3.78. The molecule has 2 heterocycles. The molecule has 0 bridgehead atoms. The summed E-state index contributed by atoms with van der Waals surface area (Å²) in [5.74, 6) is 0.429. The van der Waals surface area contributed by atoms with Gasteiger partial charge < -0.3 is 5.11 Å². The summed E-state index contributed by atoms with van der Waals surface area (Å²) in [7, 11) is 0. The summed E-state index contributed by atoms with van der Waals surface area (Å²) >= 11 is 0. The molecule has 0 saturated carbocycles. The third-order valence-corrected chi connectivity index (χ3v) is 5.93. The third-order valence-electron chi connectivity index (χ3n) is 5.93. The van der Waals surface area contributed by atoms with Crippen molar-refractivity contribution in [3.05, 3.63) is 48.0 Å². The molecule has 4 nitrogen and oxygen atoms in total. The Kier molecular flexibility index (Phi) is 5.94. The standard InChI is InChI=1S/C24H33N3O/c1-2-3-4-5-6-7-8-9-10-11-15-20-16-14-19-23(24(20)28)27-25-21-17-12-13-18-22(21)26(25)27/h12-14,16-19,28H,2-11,15H2,1H3. The van der Waals surface area contributed by atoms with E-state index < -0.39 is 0 Å². The molecule has 4 aromatic rings. The second-order valence-electron chi connectivity index (χ2n) is 8.07. The molecule has 0 amide bonds. The van der Waals surface area contributed by atoms with Gasteiger partial charge in [0.2, 0.25) is 0 Å². The second kappa shape index (κ2) is 8.76. The van der Waals surface area contributed by atoms with E-state index in [2.05, 4.69) is 40.4 Å². The van der Waals surface area contributed by atoms with Crippen LogP contribution in [-0.4, -0.2) is 19.2 Å². The maximum absolute atomic E-state index is 10.8. The molecule has 0 aliphatic carbocycles.